The number of rotatable bonds is 3. The molecule has 19 heavy (non-hydrogen) atoms. The third-order valence-corrected chi connectivity index (χ3v) is 4.47. The lowest BCUT2D eigenvalue weighted by Gasteiger charge is -2.11. The van der Waals surface area contributed by atoms with Crippen molar-refractivity contribution in [3.8, 4) is 0 Å². The molecule has 1 nitrogen and oxygen atoms in total. The lowest BCUT2D eigenvalue weighted by Crippen LogP contribution is -2.06. The Bertz CT molecular complexity index is 581. The molecule has 0 saturated heterocycles. The SMILES string of the molecule is FC(F)(F)c1cc(Br)cc(NCc2cc(Br)cs2)c1. The number of thiophene rings is 1. The van der Waals surface area contributed by atoms with Crippen LogP contribution in [0.4, 0.5) is 18.9 Å². The van der Waals surface area contributed by atoms with Crippen molar-refractivity contribution in [1.82, 2.24) is 0 Å². The molecule has 0 aliphatic rings. The maximum Gasteiger partial charge on any atom is 0.416 e. The van der Waals surface area contributed by atoms with E-state index in [-0.39, 0.29) is 0 Å². The molecule has 0 aliphatic heterocycles. The molecule has 1 aromatic heterocycles. The first-order valence-electron chi connectivity index (χ1n) is 5.19. The third-order valence-electron chi connectivity index (χ3n) is 2.31. The van der Waals surface area contributed by atoms with Crippen molar-refractivity contribution in [2.24, 2.45) is 0 Å². The van der Waals surface area contributed by atoms with Gasteiger partial charge in [-0.05, 0) is 40.2 Å². The van der Waals surface area contributed by atoms with E-state index in [0.717, 1.165) is 21.5 Å². The normalized spacial score (nSPS) is 11.6. The predicted octanol–water partition coefficient (Wildman–Crippen LogP) is 5.90. The van der Waals surface area contributed by atoms with E-state index in [0.29, 0.717) is 16.7 Å². The summed E-state index contributed by atoms with van der Waals surface area (Å²) >= 11 is 7.96. The van der Waals surface area contributed by atoms with Gasteiger partial charge in [-0.1, -0.05) is 15.9 Å². The van der Waals surface area contributed by atoms with E-state index in [4.69, 9.17) is 0 Å². The molecule has 0 spiro atoms. The average molecular weight is 415 g/mol. The standard InChI is InChI=1S/C12H8Br2F3NS/c13-8-1-7(12(15,16)17)2-10(3-8)18-5-11-4-9(14)6-19-11/h1-4,6,18H,5H2. The zero-order chi connectivity index (χ0) is 14.0. The molecule has 1 aromatic carbocycles. The summed E-state index contributed by atoms with van der Waals surface area (Å²) in [7, 11) is 0. The predicted molar refractivity (Wildman–Crippen MR) is 78.5 cm³/mol. The van der Waals surface area contributed by atoms with Gasteiger partial charge in [0.15, 0.2) is 0 Å². The Hall–Kier alpha value is -0.530. The summed E-state index contributed by atoms with van der Waals surface area (Å²) < 4.78 is 39.4. The first kappa shape index (κ1) is 14.9. The Kier molecular flexibility index (Phi) is 4.58. The summed E-state index contributed by atoms with van der Waals surface area (Å²) in [4.78, 5) is 1.04. The minimum Gasteiger partial charge on any atom is -0.380 e. The van der Waals surface area contributed by atoms with Crippen LogP contribution in [0.3, 0.4) is 0 Å². The highest BCUT2D eigenvalue weighted by molar-refractivity contribution is 9.10. The van der Waals surface area contributed by atoms with Gasteiger partial charge >= 0.3 is 6.18 Å². The van der Waals surface area contributed by atoms with Crippen molar-refractivity contribution in [1.29, 1.82) is 0 Å². The molecule has 0 fully saturated rings. The van der Waals surface area contributed by atoms with Crippen LogP contribution in [-0.2, 0) is 12.7 Å². The summed E-state index contributed by atoms with van der Waals surface area (Å²) in [6.45, 7) is 0.490. The number of hydrogen-bond acceptors (Lipinski definition) is 2. The summed E-state index contributed by atoms with van der Waals surface area (Å²) in [5.41, 5.74) is -0.233. The van der Waals surface area contributed by atoms with Crippen molar-refractivity contribution >= 4 is 48.9 Å². The second-order valence-electron chi connectivity index (χ2n) is 3.81. The van der Waals surface area contributed by atoms with Gasteiger partial charge in [0, 0.05) is 31.4 Å². The van der Waals surface area contributed by atoms with Gasteiger partial charge in [-0.25, -0.2) is 0 Å². The van der Waals surface area contributed by atoms with Gasteiger partial charge in [-0.3, -0.25) is 0 Å². The van der Waals surface area contributed by atoms with E-state index >= 15 is 0 Å². The van der Waals surface area contributed by atoms with Crippen LogP contribution in [0.5, 0.6) is 0 Å². The summed E-state index contributed by atoms with van der Waals surface area (Å²) in [5.74, 6) is 0. The van der Waals surface area contributed by atoms with E-state index in [1.54, 1.807) is 6.07 Å². The molecule has 0 atom stereocenters. The van der Waals surface area contributed by atoms with Gasteiger partial charge in [-0.15, -0.1) is 11.3 Å². The second-order valence-corrected chi connectivity index (χ2v) is 6.64. The van der Waals surface area contributed by atoms with E-state index in [9.17, 15) is 13.2 Å². The largest absolute Gasteiger partial charge is 0.416 e. The van der Waals surface area contributed by atoms with Gasteiger partial charge in [0.05, 0.1) is 5.56 Å². The van der Waals surface area contributed by atoms with Crippen LogP contribution < -0.4 is 5.32 Å². The fourth-order valence-electron chi connectivity index (χ4n) is 1.49. The van der Waals surface area contributed by atoms with Crippen LogP contribution in [0.2, 0.25) is 0 Å². The maximum atomic E-state index is 12.7. The van der Waals surface area contributed by atoms with E-state index in [1.165, 1.54) is 11.3 Å². The van der Waals surface area contributed by atoms with Crippen LogP contribution in [0.15, 0.2) is 38.6 Å². The number of halogens is 5. The Morgan fingerprint density at radius 2 is 1.79 bits per heavy atom. The molecule has 0 amide bonds. The van der Waals surface area contributed by atoms with Crippen molar-refractivity contribution in [2.45, 2.75) is 12.7 Å². The third kappa shape index (κ3) is 4.22. The monoisotopic (exact) mass is 413 g/mol. The lowest BCUT2D eigenvalue weighted by molar-refractivity contribution is -0.137. The summed E-state index contributed by atoms with van der Waals surface area (Å²) in [5, 5.41) is 4.92. The molecule has 0 bridgehead atoms. The molecule has 7 heteroatoms. The first-order valence-corrected chi connectivity index (χ1v) is 7.66. The maximum absolute atomic E-state index is 12.7. The van der Waals surface area contributed by atoms with E-state index in [2.05, 4.69) is 37.2 Å². The molecule has 1 heterocycles. The lowest BCUT2D eigenvalue weighted by atomic mass is 10.2. The van der Waals surface area contributed by atoms with Crippen LogP contribution in [0.25, 0.3) is 0 Å². The van der Waals surface area contributed by atoms with Gasteiger partial charge in [0.2, 0.25) is 0 Å². The highest BCUT2D eigenvalue weighted by atomic mass is 79.9. The van der Waals surface area contributed by atoms with Crippen molar-refractivity contribution in [2.75, 3.05) is 5.32 Å². The van der Waals surface area contributed by atoms with Gasteiger partial charge in [-0.2, -0.15) is 13.2 Å². The average Bonchev–Trinajstić information content (AvgIpc) is 2.71. The molecule has 0 radical (unpaired) electrons. The molecule has 0 unspecified atom stereocenters. The Morgan fingerprint density at radius 3 is 2.37 bits per heavy atom. The Labute approximate surface area is 129 Å². The van der Waals surface area contributed by atoms with E-state index in [1.807, 2.05) is 11.4 Å². The fraction of sp³-hybridized carbons (Fsp3) is 0.167. The van der Waals surface area contributed by atoms with Crippen molar-refractivity contribution in [3.63, 3.8) is 0 Å². The summed E-state index contributed by atoms with van der Waals surface area (Å²) in [6.07, 6.45) is -4.34. The smallest absolute Gasteiger partial charge is 0.380 e. The topological polar surface area (TPSA) is 12.0 Å². The van der Waals surface area contributed by atoms with Gasteiger partial charge < -0.3 is 5.32 Å². The zero-order valence-electron chi connectivity index (χ0n) is 9.39. The minimum absolute atomic E-state index is 0.400. The number of nitrogens with one attached hydrogen (secondary N) is 1. The Morgan fingerprint density at radius 1 is 1.05 bits per heavy atom. The van der Waals surface area contributed by atoms with Crippen molar-refractivity contribution in [3.05, 3.63) is 49.0 Å². The second kappa shape index (κ2) is 5.85. The van der Waals surface area contributed by atoms with Gasteiger partial charge in [0.25, 0.3) is 0 Å². The van der Waals surface area contributed by atoms with Crippen molar-refractivity contribution < 1.29 is 13.2 Å². The molecule has 0 aliphatic carbocycles. The number of hydrogen-bond donors (Lipinski definition) is 1. The van der Waals surface area contributed by atoms with Crippen LogP contribution >= 0.6 is 43.2 Å². The van der Waals surface area contributed by atoms with Gasteiger partial charge in [0.1, 0.15) is 0 Å². The highest BCUT2D eigenvalue weighted by Gasteiger charge is 2.31. The minimum atomic E-state index is -4.34. The zero-order valence-corrected chi connectivity index (χ0v) is 13.4. The molecule has 102 valence electrons. The molecular formula is C12H8Br2F3NS. The number of benzene rings is 1. The van der Waals surface area contributed by atoms with Crippen LogP contribution in [-0.4, -0.2) is 0 Å². The van der Waals surface area contributed by atoms with E-state index < -0.39 is 11.7 Å². The Balaban J connectivity index is 2.14. The number of anilines is 1. The summed E-state index contributed by atoms with van der Waals surface area (Å²) in [6, 6.07) is 5.72. The fourth-order valence-corrected chi connectivity index (χ4v) is 3.38. The first-order chi connectivity index (χ1) is 8.84. The molecule has 0 saturated carbocycles. The molecular weight excluding hydrogens is 407 g/mol. The van der Waals surface area contributed by atoms with Crippen LogP contribution in [0.1, 0.15) is 10.4 Å². The molecule has 2 aromatic rings. The molecule has 2 rings (SSSR count). The highest BCUT2D eigenvalue weighted by Crippen LogP contribution is 2.33. The quantitative estimate of drug-likeness (QED) is 0.658. The number of alkyl halides is 3. The van der Waals surface area contributed by atoms with Crippen LogP contribution in [0, 0.1) is 0 Å². The molecule has 1 N–H and O–H groups in total.